The van der Waals surface area contributed by atoms with E-state index in [1.165, 1.54) is 0 Å². The summed E-state index contributed by atoms with van der Waals surface area (Å²) in [6, 6.07) is 3.68. The predicted octanol–water partition coefficient (Wildman–Crippen LogP) is 5.41. The fraction of sp³-hybridized carbons (Fsp3) is 0.636. The molecule has 8 heteroatoms. The van der Waals surface area contributed by atoms with Gasteiger partial charge in [0.05, 0.1) is 28.7 Å². The molecule has 2 N–H and O–H groups in total. The fourth-order valence-corrected chi connectivity index (χ4v) is 4.08. The lowest BCUT2D eigenvalue weighted by atomic mass is 10.1. The van der Waals surface area contributed by atoms with E-state index in [0.29, 0.717) is 41.9 Å². The lowest BCUT2D eigenvalue weighted by molar-refractivity contribution is 0.0238. The third-order valence-corrected chi connectivity index (χ3v) is 5.46. The van der Waals surface area contributed by atoms with Gasteiger partial charge in [-0.2, -0.15) is 0 Å². The first-order valence-electron chi connectivity index (χ1n) is 10.8. The number of nitrogen functional groups attached to an aromatic ring is 1. The van der Waals surface area contributed by atoms with E-state index >= 15 is 0 Å². The third-order valence-electron chi connectivity index (χ3n) is 5.17. The Labute approximate surface area is 183 Å². The number of hydrogen-bond acceptors (Lipinski definition) is 5. The zero-order valence-corrected chi connectivity index (χ0v) is 19.2. The average Bonchev–Trinajstić information content (AvgIpc) is 2.82. The smallest absolute Gasteiger partial charge is 0.410 e. The highest BCUT2D eigenvalue weighted by Gasteiger charge is 2.29. The average molecular weight is 437 g/mol. The van der Waals surface area contributed by atoms with E-state index in [0.717, 1.165) is 37.6 Å². The second kappa shape index (κ2) is 9.33. The maximum absolute atomic E-state index is 12.7. The Kier molecular flexibility index (Phi) is 7.01. The molecule has 0 bridgehead atoms. The third kappa shape index (κ3) is 5.31. The van der Waals surface area contributed by atoms with Crippen LogP contribution in [0.15, 0.2) is 12.1 Å². The number of benzene rings is 1. The molecule has 0 radical (unpaired) electrons. The molecule has 166 valence electrons. The summed E-state index contributed by atoms with van der Waals surface area (Å²) in [6.07, 6.45) is 4.54. The van der Waals surface area contributed by atoms with Crippen LogP contribution in [0.5, 0.6) is 5.75 Å². The highest BCUT2D eigenvalue weighted by molar-refractivity contribution is 6.35. The highest BCUT2D eigenvalue weighted by Crippen LogP contribution is 2.35. The summed E-state index contributed by atoms with van der Waals surface area (Å²) in [5, 5.41) is 0.552. The monoisotopic (exact) mass is 436 g/mol. The molecule has 0 aliphatic carbocycles. The van der Waals surface area contributed by atoms with Crippen molar-refractivity contribution >= 4 is 34.7 Å². The topological polar surface area (TPSA) is 82.6 Å². The molecular weight excluding hydrogens is 404 g/mol. The minimum absolute atomic E-state index is 0.0191. The molecule has 2 aromatic rings. The number of unbranched alkanes of at least 4 members (excludes halogenated alkanes) is 1. The number of anilines is 1. The summed E-state index contributed by atoms with van der Waals surface area (Å²) in [5.74, 6) is 1.09. The van der Waals surface area contributed by atoms with Gasteiger partial charge in [-0.25, -0.2) is 9.78 Å². The van der Waals surface area contributed by atoms with E-state index in [9.17, 15) is 4.79 Å². The number of nitrogens with zero attached hydrogens (tertiary/aromatic N) is 3. The Hall–Kier alpha value is -2.15. The predicted molar refractivity (Wildman–Crippen MR) is 120 cm³/mol. The van der Waals surface area contributed by atoms with Gasteiger partial charge in [0.15, 0.2) is 0 Å². The molecule has 0 unspecified atom stereocenters. The quantitative estimate of drug-likeness (QED) is 0.633. The van der Waals surface area contributed by atoms with Gasteiger partial charge in [-0.3, -0.25) is 0 Å². The number of hydrogen-bond donors (Lipinski definition) is 1. The Morgan fingerprint density at radius 3 is 2.80 bits per heavy atom. The van der Waals surface area contributed by atoms with Crippen LogP contribution < -0.4 is 10.5 Å². The largest absolute Gasteiger partial charge is 0.493 e. The van der Waals surface area contributed by atoms with Crippen LogP contribution in [0.2, 0.25) is 5.02 Å². The molecule has 1 fully saturated rings. The van der Waals surface area contributed by atoms with Crippen molar-refractivity contribution in [3.63, 3.8) is 0 Å². The standard InChI is InChI=1S/C22H33ClN4O3/c1-5-6-11-29-16-12-17(23)19-18(13-16)25-20(24)27(19)15-9-7-8-10-26(14-15)21(28)30-22(2,3)4/h12-13,15H,5-11,14H2,1-4H3,(H2,24,25)/t15-/m1/s1. The number of nitrogens with two attached hydrogens (primary N) is 1. The number of ether oxygens (including phenoxy) is 2. The molecule has 1 aliphatic rings. The summed E-state index contributed by atoms with van der Waals surface area (Å²) in [7, 11) is 0. The van der Waals surface area contributed by atoms with Crippen LogP contribution in [0.3, 0.4) is 0 Å². The van der Waals surface area contributed by atoms with Crippen molar-refractivity contribution in [2.24, 2.45) is 0 Å². The van der Waals surface area contributed by atoms with Gasteiger partial charge in [-0.15, -0.1) is 0 Å². The van der Waals surface area contributed by atoms with Crippen molar-refractivity contribution in [1.82, 2.24) is 14.5 Å². The van der Waals surface area contributed by atoms with E-state index in [1.807, 2.05) is 37.5 Å². The van der Waals surface area contributed by atoms with Crippen LogP contribution in [0.25, 0.3) is 11.0 Å². The first kappa shape index (κ1) is 22.5. The molecule has 0 saturated carbocycles. The minimum Gasteiger partial charge on any atom is -0.493 e. The molecule has 2 heterocycles. The van der Waals surface area contributed by atoms with Gasteiger partial charge in [0.1, 0.15) is 11.4 Å². The van der Waals surface area contributed by atoms with Crippen molar-refractivity contribution in [3.8, 4) is 5.75 Å². The number of amides is 1. The van der Waals surface area contributed by atoms with Crippen LogP contribution in [0.1, 0.15) is 65.8 Å². The summed E-state index contributed by atoms with van der Waals surface area (Å²) >= 11 is 6.64. The SMILES string of the molecule is CCCCOc1cc(Cl)c2c(c1)nc(N)n2[C@@H]1CCCCN(C(=O)OC(C)(C)C)C1. The van der Waals surface area contributed by atoms with E-state index in [1.54, 1.807) is 4.90 Å². The molecule has 1 amide bonds. The molecule has 1 aromatic carbocycles. The molecule has 1 atom stereocenters. The van der Waals surface area contributed by atoms with Crippen molar-refractivity contribution in [1.29, 1.82) is 0 Å². The lowest BCUT2D eigenvalue weighted by Crippen LogP contribution is -2.39. The van der Waals surface area contributed by atoms with Crippen LogP contribution in [-0.2, 0) is 4.74 Å². The second-order valence-electron chi connectivity index (χ2n) is 8.89. The van der Waals surface area contributed by atoms with Crippen molar-refractivity contribution in [3.05, 3.63) is 17.2 Å². The first-order chi connectivity index (χ1) is 14.2. The first-order valence-corrected chi connectivity index (χ1v) is 11.1. The Morgan fingerprint density at radius 1 is 1.33 bits per heavy atom. The van der Waals surface area contributed by atoms with E-state index in [-0.39, 0.29) is 12.1 Å². The molecule has 1 aliphatic heterocycles. The maximum Gasteiger partial charge on any atom is 0.410 e. The van der Waals surface area contributed by atoms with Crippen LogP contribution in [0.4, 0.5) is 10.7 Å². The number of likely N-dealkylation sites (tertiary alicyclic amines) is 1. The number of carbonyl (C=O) groups is 1. The fourth-order valence-electron chi connectivity index (χ4n) is 3.79. The van der Waals surface area contributed by atoms with E-state index in [2.05, 4.69) is 11.9 Å². The zero-order valence-electron chi connectivity index (χ0n) is 18.4. The Morgan fingerprint density at radius 2 is 2.10 bits per heavy atom. The molecule has 0 spiro atoms. The van der Waals surface area contributed by atoms with Crippen molar-refractivity contribution in [2.75, 3.05) is 25.4 Å². The number of aromatic nitrogens is 2. The van der Waals surface area contributed by atoms with Gasteiger partial charge in [0.25, 0.3) is 0 Å². The summed E-state index contributed by atoms with van der Waals surface area (Å²) in [4.78, 5) is 19.0. The van der Waals surface area contributed by atoms with Crippen LogP contribution >= 0.6 is 11.6 Å². The van der Waals surface area contributed by atoms with E-state index < -0.39 is 5.60 Å². The summed E-state index contributed by atoms with van der Waals surface area (Å²) in [5.41, 5.74) is 7.28. The molecule has 30 heavy (non-hydrogen) atoms. The number of halogens is 1. The lowest BCUT2D eigenvalue weighted by Gasteiger charge is -2.29. The molecule has 1 aromatic heterocycles. The zero-order chi connectivity index (χ0) is 21.9. The molecule has 7 nitrogen and oxygen atoms in total. The minimum atomic E-state index is -0.531. The van der Waals surface area contributed by atoms with Crippen molar-refractivity contribution in [2.45, 2.75) is 71.4 Å². The number of rotatable bonds is 5. The van der Waals surface area contributed by atoms with Crippen LogP contribution in [0, 0.1) is 0 Å². The van der Waals surface area contributed by atoms with E-state index in [4.69, 9.17) is 26.8 Å². The van der Waals surface area contributed by atoms with Gasteiger partial charge < -0.3 is 24.7 Å². The number of carbonyl (C=O) groups excluding carboxylic acids is 1. The van der Waals surface area contributed by atoms with Gasteiger partial charge in [-0.05, 0) is 46.5 Å². The van der Waals surface area contributed by atoms with Gasteiger partial charge in [-0.1, -0.05) is 24.9 Å². The van der Waals surface area contributed by atoms with Gasteiger partial charge >= 0.3 is 6.09 Å². The number of imidazole rings is 1. The Balaban J connectivity index is 1.88. The Bertz CT molecular complexity index is 891. The second-order valence-corrected chi connectivity index (χ2v) is 9.30. The normalized spacial score (nSPS) is 17.8. The van der Waals surface area contributed by atoms with Gasteiger partial charge in [0, 0.05) is 25.2 Å². The highest BCUT2D eigenvalue weighted by atomic mass is 35.5. The molecule has 3 rings (SSSR count). The van der Waals surface area contributed by atoms with Crippen LogP contribution in [-0.4, -0.2) is 45.8 Å². The summed E-state index contributed by atoms with van der Waals surface area (Å²) in [6.45, 7) is 9.57. The summed E-state index contributed by atoms with van der Waals surface area (Å²) < 4.78 is 13.4. The molecule has 1 saturated heterocycles. The van der Waals surface area contributed by atoms with Gasteiger partial charge in [0.2, 0.25) is 5.95 Å². The molecular formula is C22H33ClN4O3. The number of fused-ring (bicyclic) bond motifs is 1. The van der Waals surface area contributed by atoms with Crippen molar-refractivity contribution < 1.29 is 14.3 Å². The maximum atomic E-state index is 12.7.